The van der Waals surface area contributed by atoms with Crippen molar-refractivity contribution in [1.29, 1.82) is 0 Å². The van der Waals surface area contributed by atoms with E-state index in [0.29, 0.717) is 15.3 Å². The highest BCUT2D eigenvalue weighted by Crippen LogP contribution is 2.26. The number of benzene rings is 1. The molecule has 5 nitrogen and oxygen atoms in total. The fourth-order valence-electron chi connectivity index (χ4n) is 1.46. The van der Waals surface area contributed by atoms with Gasteiger partial charge in [-0.05, 0) is 40.0 Å². The Morgan fingerprint density at radius 2 is 2.10 bits per heavy atom. The van der Waals surface area contributed by atoms with Crippen LogP contribution in [0.5, 0.6) is 0 Å². The quantitative estimate of drug-likeness (QED) is 0.801. The van der Waals surface area contributed by atoms with Crippen molar-refractivity contribution in [2.24, 2.45) is 0 Å². The Hall–Kier alpha value is -1.12. The third-order valence-electron chi connectivity index (χ3n) is 2.61. The lowest BCUT2D eigenvalue weighted by Crippen LogP contribution is -2.13. The van der Waals surface area contributed by atoms with Gasteiger partial charge < -0.3 is 5.73 Å². The molecule has 0 atom stereocenters. The minimum Gasteiger partial charge on any atom is -0.398 e. The molecule has 1 aromatic carbocycles. The van der Waals surface area contributed by atoms with Crippen LogP contribution < -0.4 is 10.5 Å². The highest BCUT2D eigenvalue weighted by Gasteiger charge is 2.17. The second-order valence-corrected chi connectivity index (χ2v) is 7.92. The lowest BCUT2D eigenvalue weighted by atomic mass is 10.2. The summed E-state index contributed by atoms with van der Waals surface area (Å²) in [5.41, 5.74) is 6.94. The van der Waals surface area contributed by atoms with Gasteiger partial charge in [0.05, 0.1) is 10.6 Å². The minimum atomic E-state index is -3.67. The fraction of sp³-hybridized carbons (Fsp3) is 0.250. The molecule has 0 saturated heterocycles. The first-order chi connectivity index (χ1) is 9.29. The normalized spacial score (nSPS) is 11.8. The van der Waals surface area contributed by atoms with Crippen LogP contribution >= 0.6 is 27.3 Å². The highest BCUT2D eigenvalue weighted by molar-refractivity contribution is 9.10. The molecule has 0 spiro atoms. The molecule has 0 aliphatic carbocycles. The number of sulfonamides is 1. The zero-order valence-corrected chi connectivity index (χ0v) is 14.1. The van der Waals surface area contributed by atoms with Crippen LogP contribution in [0.4, 0.5) is 10.8 Å². The Labute approximate surface area is 130 Å². The molecule has 0 unspecified atom stereocenters. The number of nitrogens with one attached hydrogen (secondary N) is 1. The lowest BCUT2D eigenvalue weighted by Gasteiger charge is -2.07. The van der Waals surface area contributed by atoms with Crippen LogP contribution in [0, 0.1) is 0 Å². The topological polar surface area (TPSA) is 85.1 Å². The summed E-state index contributed by atoms with van der Waals surface area (Å²) < 4.78 is 27.6. The second kappa shape index (κ2) is 5.71. The van der Waals surface area contributed by atoms with Gasteiger partial charge in [-0.1, -0.05) is 13.8 Å². The van der Waals surface area contributed by atoms with Crippen LogP contribution in [-0.4, -0.2) is 13.4 Å². The number of rotatable bonds is 4. The predicted molar refractivity (Wildman–Crippen MR) is 85.6 cm³/mol. The summed E-state index contributed by atoms with van der Waals surface area (Å²) in [4.78, 5) is 4.36. The van der Waals surface area contributed by atoms with Gasteiger partial charge in [0, 0.05) is 15.5 Å². The van der Waals surface area contributed by atoms with Crippen molar-refractivity contribution in [3.8, 4) is 0 Å². The molecular formula is C12H14BrN3O2S2. The summed E-state index contributed by atoms with van der Waals surface area (Å²) in [6, 6.07) is 4.49. The summed E-state index contributed by atoms with van der Waals surface area (Å²) >= 11 is 4.50. The van der Waals surface area contributed by atoms with Crippen LogP contribution in [-0.2, 0) is 10.0 Å². The summed E-state index contributed by atoms with van der Waals surface area (Å²) in [6.07, 6.45) is 0. The molecule has 108 valence electrons. The van der Waals surface area contributed by atoms with Gasteiger partial charge in [0.1, 0.15) is 0 Å². The van der Waals surface area contributed by atoms with Crippen LogP contribution in [0.3, 0.4) is 0 Å². The number of nitrogens with zero attached hydrogens (tertiary/aromatic N) is 1. The number of thiazole rings is 1. The average Bonchev–Trinajstić information content (AvgIpc) is 2.80. The molecule has 0 fully saturated rings. The molecule has 2 rings (SSSR count). The summed E-state index contributed by atoms with van der Waals surface area (Å²) in [7, 11) is -3.67. The zero-order chi connectivity index (χ0) is 14.9. The number of aromatic nitrogens is 1. The van der Waals surface area contributed by atoms with E-state index in [2.05, 4.69) is 25.6 Å². The molecule has 1 aromatic heterocycles. The van der Waals surface area contributed by atoms with E-state index in [1.807, 2.05) is 19.2 Å². The van der Waals surface area contributed by atoms with Crippen molar-refractivity contribution in [2.45, 2.75) is 24.7 Å². The highest BCUT2D eigenvalue weighted by atomic mass is 79.9. The van der Waals surface area contributed by atoms with Crippen molar-refractivity contribution < 1.29 is 8.42 Å². The molecule has 0 bridgehead atoms. The zero-order valence-electron chi connectivity index (χ0n) is 10.9. The lowest BCUT2D eigenvalue weighted by molar-refractivity contribution is 0.601. The number of nitrogen functional groups attached to an aromatic ring is 1. The molecule has 1 heterocycles. The molecule has 0 aliphatic heterocycles. The van der Waals surface area contributed by atoms with Gasteiger partial charge >= 0.3 is 0 Å². The monoisotopic (exact) mass is 375 g/mol. The van der Waals surface area contributed by atoms with E-state index in [1.165, 1.54) is 23.5 Å². The largest absolute Gasteiger partial charge is 0.398 e. The number of nitrogens with two attached hydrogens (primary N) is 1. The van der Waals surface area contributed by atoms with E-state index in [9.17, 15) is 8.42 Å². The van der Waals surface area contributed by atoms with Gasteiger partial charge in [-0.15, -0.1) is 11.3 Å². The van der Waals surface area contributed by atoms with Gasteiger partial charge in [-0.3, -0.25) is 4.72 Å². The number of hydrogen-bond acceptors (Lipinski definition) is 5. The number of halogens is 1. The van der Waals surface area contributed by atoms with E-state index in [4.69, 9.17) is 5.73 Å². The summed E-state index contributed by atoms with van der Waals surface area (Å²) in [5.74, 6) is 0.257. The van der Waals surface area contributed by atoms with Crippen LogP contribution in [0.2, 0.25) is 0 Å². The van der Waals surface area contributed by atoms with Crippen LogP contribution in [0.15, 0.2) is 32.9 Å². The molecule has 20 heavy (non-hydrogen) atoms. The minimum absolute atomic E-state index is 0.111. The molecule has 2 aromatic rings. The molecular weight excluding hydrogens is 362 g/mol. The smallest absolute Gasteiger partial charge is 0.263 e. The van der Waals surface area contributed by atoms with Crippen LogP contribution in [0.1, 0.15) is 25.5 Å². The third kappa shape index (κ3) is 3.31. The summed E-state index contributed by atoms with van der Waals surface area (Å²) in [6.45, 7) is 4.01. The Kier molecular flexibility index (Phi) is 4.36. The van der Waals surface area contributed by atoms with E-state index in [1.54, 1.807) is 6.07 Å². The first-order valence-electron chi connectivity index (χ1n) is 5.83. The maximum absolute atomic E-state index is 12.2. The molecule has 0 radical (unpaired) electrons. The van der Waals surface area contributed by atoms with Gasteiger partial charge in [0.2, 0.25) is 0 Å². The predicted octanol–water partition coefficient (Wildman–Crippen LogP) is 3.41. The van der Waals surface area contributed by atoms with Crippen molar-refractivity contribution in [3.05, 3.63) is 33.7 Å². The van der Waals surface area contributed by atoms with E-state index >= 15 is 0 Å². The Morgan fingerprint density at radius 3 is 2.65 bits per heavy atom. The molecule has 0 saturated carbocycles. The number of anilines is 2. The number of hydrogen-bond donors (Lipinski definition) is 2. The van der Waals surface area contributed by atoms with E-state index < -0.39 is 10.0 Å². The van der Waals surface area contributed by atoms with Crippen molar-refractivity contribution in [1.82, 2.24) is 4.98 Å². The van der Waals surface area contributed by atoms with Gasteiger partial charge in [-0.25, -0.2) is 13.4 Å². The van der Waals surface area contributed by atoms with E-state index in [0.717, 1.165) is 5.69 Å². The summed E-state index contributed by atoms with van der Waals surface area (Å²) in [5, 5.41) is 2.20. The average molecular weight is 376 g/mol. The SMILES string of the molecule is CC(C)c1csc(NS(=O)(=O)c2ccc(Br)c(N)c2)n1. The Balaban J connectivity index is 2.28. The van der Waals surface area contributed by atoms with E-state index in [-0.39, 0.29) is 10.8 Å². The first kappa shape index (κ1) is 15.3. The second-order valence-electron chi connectivity index (χ2n) is 4.52. The van der Waals surface area contributed by atoms with Gasteiger partial charge in [0.15, 0.2) is 5.13 Å². The first-order valence-corrected chi connectivity index (χ1v) is 8.98. The molecule has 3 N–H and O–H groups in total. The fourth-order valence-corrected chi connectivity index (χ4v) is 3.87. The van der Waals surface area contributed by atoms with Gasteiger partial charge in [0.25, 0.3) is 10.0 Å². The van der Waals surface area contributed by atoms with Crippen molar-refractivity contribution in [3.63, 3.8) is 0 Å². The van der Waals surface area contributed by atoms with Crippen molar-refractivity contribution >= 4 is 48.1 Å². The Bertz CT molecular complexity index is 726. The van der Waals surface area contributed by atoms with Crippen LogP contribution in [0.25, 0.3) is 0 Å². The Morgan fingerprint density at radius 1 is 1.40 bits per heavy atom. The van der Waals surface area contributed by atoms with Crippen molar-refractivity contribution in [2.75, 3.05) is 10.5 Å². The molecule has 0 aliphatic rings. The molecule has 8 heteroatoms. The maximum atomic E-state index is 12.2. The van der Waals surface area contributed by atoms with Gasteiger partial charge in [-0.2, -0.15) is 0 Å². The third-order valence-corrected chi connectivity index (χ3v) is 5.58. The maximum Gasteiger partial charge on any atom is 0.263 e. The molecule has 0 amide bonds. The standard InChI is InChI=1S/C12H14BrN3O2S2/c1-7(2)11-6-19-12(15-11)16-20(17,18)8-3-4-9(13)10(14)5-8/h3-7H,14H2,1-2H3,(H,15,16).